The van der Waals surface area contributed by atoms with Crippen LogP contribution in [-0.4, -0.2) is 6.61 Å². The summed E-state index contributed by atoms with van der Waals surface area (Å²) >= 11 is 0. The summed E-state index contributed by atoms with van der Waals surface area (Å²) in [6.07, 6.45) is 9.07. The van der Waals surface area contributed by atoms with Crippen LogP contribution in [0.1, 0.15) is 39.5 Å². The molecule has 0 aliphatic rings. The van der Waals surface area contributed by atoms with Crippen LogP contribution in [0.3, 0.4) is 0 Å². The number of rotatable bonds is 7. The smallest absolute Gasteiger partial charge is 0.230 e. The molecule has 1 unspecified atom stereocenters. The van der Waals surface area contributed by atoms with Gasteiger partial charge in [0.2, 0.25) is 12.4 Å². The molecule has 102 valence electrons. The van der Waals surface area contributed by atoms with Crippen molar-refractivity contribution in [2.45, 2.75) is 39.5 Å². The first-order valence-corrected chi connectivity index (χ1v) is 7.36. The third kappa shape index (κ3) is 3.95. The number of pyridine rings is 1. The number of nitrogens with zero attached hydrogens (tertiary/aromatic N) is 1. The van der Waals surface area contributed by atoms with Gasteiger partial charge in [-0.25, -0.2) is 0 Å². The summed E-state index contributed by atoms with van der Waals surface area (Å²) in [6, 6.07) is 10.5. The summed E-state index contributed by atoms with van der Waals surface area (Å²) in [5.41, 5.74) is 0. The lowest BCUT2D eigenvalue weighted by Gasteiger charge is -2.11. The van der Waals surface area contributed by atoms with E-state index < -0.39 is 0 Å². The Morgan fingerprint density at radius 3 is 2.63 bits per heavy atom. The molecule has 2 nitrogen and oxygen atoms in total. The van der Waals surface area contributed by atoms with Gasteiger partial charge in [-0.15, -0.1) is 0 Å². The van der Waals surface area contributed by atoms with Crippen LogP contribution >= 0.6 is 0 Å². The van der Waals surface area contributed by atoms with E-state index in [2.05, 4.69) is 50.4 Å². The lowest BCUT2D eigenvalue weighted by Crippen LogP contribution is -2.43. The zero-order valence-corrected chi connectivity index (χ0v) is 12.0. The summed E-state index contributed by atoms with van der Waals surface area (Å²) < 4.78 is 1.84. The topological polar surface area (TPSA) is 13.1 Å². The summed E-state index contributed by atoms with van der Waals surface area (Å²) in [6.45, 7) is 5.29. The largest absolute Gasteiger partial charge is 0.271 e. The van der Waals surface area contributed by atoms with E-state index in [4.69, 9.17) is 4.84 Å². The Labute approximate surface area is 116 Å². The van der Waals surface area contributed by atoms with Crippen molar-refractivity contribution in [3.05, 3.63) is 42.7 Å². The van der Waals surface area contributed by atoms with Crippen molar-refractivity contribution < 1.29 is 9.57 Å². The van der Waals surface area contributed by atoms with Crippen LogP contribution in [0.15, 0.2) is 42.7 Å². The van der Waals surface area contributed by atoms with Crippen molar-refractivity contribution in [2.75, 3.05) is 6.61 Å². The van der Waals surface area contributed by atoms with Crippen molar-refractivity contribution in [1.82, 2.24) is 0 Å². The second kappa shape index (κ2) is 7.13. The molecule has 0 radical (unpaired) electrons. The average Bonchev–Trinajstić information content (AvgIpc) is 2.47. The van der Waals surface area contributed by atoms with Gasteiger partial charge in [-0.1, -0.05) is 44.9 Å². The summed E-state index contributed by atoms with van der Waals surface area (Å²) in [5.74, 6) is 0.666. The van der Waals surface area contributed by atoms with E-state index in [1.54, 1.807) is 0 Å². The fourth-order valence-electron chi connectivity index (χ4n) is 2.28. The SMILES string of the molecule is CCCCC(CC)CO[n+]1ccc2ccccc2c1. The molecule has 0 aliphatic carbocycles. The van der Waals surface area contributed by atoms with Crippen LogP contribution < -0.4 is 9.57 Å². The number of aromatic nitrogens is 1. The molecule has 19 heavy (non-hydrogen) atoms. The van der Waals surface area contributed by atoms with E-state index in [1.165, 1.54) is 36.5 Å². The fraction of sp³-hybridized carbons (Fsp3) is 0.471. The van der Waals surface area contributed by atoms with E-state index in [9.17, 15) is 0 Å². The average molecular weight is 258 g/mol. The standard InChI is InChI=1S/C17H24NO/c1-3-5-8-15(4-2)14-19-18-12-11-16-9-6-7-10-17(16)13-18/h6-7,9-13,15H,3-5,8,14H2,1-2H3/q+1. The molecule has 0 saturated heterocycles. The maximum atomic E-state index is 5.88. The van der Waals surface area contributed by atoms with Gasteiger partial charge in [0.05, 0.1) is 5.39 Å². The number of benzene rings is 1. The van der Waals surface area contributed by atoms with Gasteiger partial charge in [0.1, 0.15) is 0 Å². The van der Waals surface area contributed by atoms with Gasteiger partial charge in [-0.2, -0.15) is 0 Å². The molecule has 0 aliphatic heterocycles. The maximum absolute atomic E-state index is 5.88. The van der Waals surface area contributed by atoms with Crippen LogP contribution in [0.25, 0.3) is 10.8 Å². The van der Waals surface area contributed by atoms with Crippen molar-refractivity contribution in [1.29, 1.82) is 0 Å². The quantitative estimate of drug-likeness (QED) is 0.689. The number of hydrogen-bond donors (Lipinski definition) is 0. The van der Waals surface area contributed by atoms with Crippen LogP contribution in [0.2, 0.25) is 0 Å². The summed E-state index contributed by atoms with van der Waals surface area (Å²) in [4.78, 5) is 5.88. The Hall–Kier alpha value is -1.57. The van der Waals surface area contributed by atoms with Gasteiger partial charge in [-0.05, 0) is 30.2 Å². The molecule has 1 aromatic heterocycles. The van der Waals surface area contributed by atoms with Crippen LogP contribution in [-0.2, 0) is 0 Å². The Bertz CT molecular complexity index is 509. The van der Waals surface area contributed by atoms with Gasteiger partial charge in [0.25, 0.3) is 0 Å². The monoisotopic (exact) mass is 258 g/mol. The molecule has 0 spiro atoms. The first kappa shape index (κ1) is 13.9. The van der Waals surface area contributed by atoms with Gasteiger partial charge in [0, 0.05) is 10.8 Å². The van der Waals surface area contributed by atoms with Crippen LogP contribution in [0, 0.1) is 5.92 Å². The van der Waals surface area contributed by atoms with E-state index in [-0.39, 0.29) is 0 Å². The van der Waals surface area contributed by atoms with Crippen LogP contribution in [0.5, 0.6) is 0 Å². The number of hydrogen-bond acceptors (Lipinski definition) is 1. The zero-order chi connectivity index (χ0) is 13.5. The Morgan fingerprint density at radius 1 is 1.11 bits per heavy atom. The lowest BCUT2D eigenvalue weighted by atomic mass is 10.0. The first-order chi connectivity index (χ1) is 9.33. The Kier molecular flexibility index (Phi) is 5.20. The highest BCUT2D eigenvalue weighted by Crippen LogP contribution is 2.12. The predicted octanol–water partition coefficient (Wildman–Crippen LogP) is 3.77. The highest BCUT2D eigenvalue weighted by molar-refractivity contribution is 5.80. The van der Waals surface area contributed by atoms with Crippen molar-refractivity contribution in [2.24, 2.45) is 5.92 Å². The van der Waals surface area contributed by atoms with Crippen molar-refractivity contribution >= 4 is 10.8 Å². The highest BCUT2D eigenvalue weighted by Gasteiger charge is 2.11. The molecule has 0 amide bonds. The lowest BCUT2D eigenvalue weighted by molar-refractivity contribution is -0.891. The minimum atomic E-state index is 0.666. The normalized spacial score (nSPS) is 12.5. The minimum absolute atomic E-state index is 0.666. The molecular weight excluding hydrogens is 234 g/mol. The molecule has 1 heterocycles. The molecule has 1 atom stereocenters. The van der Waals surface area contributed by atoms with Crippen molar-refractivity contribution in [3.8, 4) is 0 Å². The van der Waals surface area contributed by atoms with E-state index in [0.717, 1.165) is 6.61 Å². The Balaban J connectivity index is 1.96. The molecule has 0 bridgehead atoms. The van der Waals surface area contributed by atoms with Crippen molar-refractivity contribution in [3.63, 3.8) is 0 Å². The van der Waals surface area contributed by atoms with E-state index in [1.807, 2.05) is 10.9 Å². The van der Waals surface area contributed by atoms with Gasteiger partial charge >= 0.3 is 0 Å². The van der Waals surface area contributed by atoms with Gasteiger partial charge in [0.15, 0.2) is 6.61 Å². The second-order valence-electron chi connectivity index (χ2n) is 5.15. The molecule has 2 rings (SSSR count). The highest BCUT2D eigenvalue weighted by atomic mass is 16.7. The molecule has 2 heteroatoms. The minimum Gasteiger partial charge on any atom is -0.271 e. The molecule has 1 aromatic carbocycles. The van der Waals surface area contributed by atoms with E-state index in [0.29, 0.717) is 5.92 Å². The predicted molar refractivity (Wildman–Crippen MR) is 78.9 cm³/mol. The summed E-state index contributed by atoms with van der Waals surface area (Å²) in [5, 5.41) is 2.46. The zero-order valence-electron chi connectivity index (χ0n) is 12.0. The number of fused-ring (bicyclic) bond motifs is 1. The summed E-state index contributed by atoms with van der Waals surface area (Å²) in [7, 11) is 0. The molecule has 2 aromatic rings. The van der Waals surface area contributed by atoms with E-state index >= 15 is 0 Å². The fourth-order valence-corrected chi connectivity index (χ4v) is 2.28. The number of unbranched alkanes of at least 4 members (excludes halogenated alkanes) is 1. The molecule has 0 N–H and O–H groups in total. The maximum Gasteiger partial charge on any atom is 0.230 e. The Morgan fingerprint density at radius 2 is 1.89 bits per heavy atom. The third-order valence-corrected chi connectivity index (χ3v) is 3.67. The molecule has 0 fully saturated rings. The second-order valence-corrected chi connectivity index (χ2v) is 5.15. The van der Waals surface area contributed by atoms with Gasteiger partial charge in [-0.3, -0.25) is 4.84 Å². The molecular formula is C17H24NO+. The van der Waals surface area contributed by atoms with Gasteiger partial charge < -0.3 is 0 Å². The first-order valence-electron chi connectivity index (χ1n) is 7.36. The molecule has 0 saturated carbocycles. The van der Waals surface area contributed by atoms with Crippen LogP contribution in [0.4, 0.5) is 0 Å². The third-order valence-electron chi connectivity index (χ3n) is 3.67.